The fourth-order valence-electron chi connectivity index (χ4n) is 1.48. The lowest BCUT2D eigenvalue weighted by Gasteiger charge is -1.98. The molecular weight excluding hydrogens is 224 g/mol. The molecule has 0 saturated carbocycles. The van der Waals surface area contributed by atoms with Crippen LogP contribution in [-0.2, 0) is 4.74 Å². The van der Waals surface area contributed by atoms with Crippen LogP contribution in [0.5, 0.6) is 0 Å². The SMILES string of the molecule is CCOC(=O)c1c2cccccc-2oc1=S. The Morgan fingerprint density at radius 3 is 2.88 bits per heavy atom. The van der Waals surface area contributed by atoms with Gasteiger partial charge in [-0.15, -0.1) is 0 Å². The smallest absolute Gasteiger partial charge is 0.343 e. The minimum Gasteiger partial charge on any atom is -0.462 e. The van der Waals surface area contributed by atoms with Gasteiger partial charge in [0.1, 0.15) is 11.3 Å². The summed E-state index contributed by atoms with van der Waals surface area (Å²) >= 11 is 5.01. The second-order valence-electron chi connectivity index (χ2n) is 3.17. The zero-order valence-electron chi connectivity index (χ0n) is 8.73. The standard InChI is InChI=1S/C12H10O3S/c1-2-14-11(13)10-8-6-4-3-5-7-9(8)15-12(10)16/h3-7H,2H2,1H3. The molecule has 0 aromatic heterocycles. The van der Waals surface area contributed by atoms with Gasteiger partial charge in [0.2, 0.25) is 4.71 Å². The Kier molecular flexibility index (Phi) is 3.01. The van der Waals surface area contributed by atoms with E-state index in [0.29, 0.717) is 23.5 Å². The van der Waals surface area contributed by atoms with Crippen molar-refractivity contribution >= 4 is 18.2 Å². The summed E-state index contributed by atoms with van der Waals surface area (Å²) < 4.78 is 10.5. The second-order valence-corrected chi connectivity index (χ2v) is 3.54. The first kappa shape index (κ1) is 10.8. The first-order valence-electron chi connectivity index (χ1n) is 4.93. The third-order valence-corrected chi connectivity index (χ3v) is 2.44. The molecule has 0 spiro atoms. The van der Waals surface area contributed by atoms with E-state index in [2.05, 4.69) is 0 Å². The lowest BCUT2D eigenvalue weighted by molar-refractivity contribution is 0.0526. The van der Waals surface area contributed by atoms with Crippen LogP contribution < -0.4 is 0 Å². The Labute approximate surface area is 98.0 Å². The highest BCUT2D eigenvalue weighted by Gasteiger charge is 2.21. The molecule has 0 amide bonds. The molecule has 0 bridgehead atoms. The van der Waals surface area contributed by atoms with E-state index < -0.39 is 5.97 Å². The third kappa shape index (κ3) is 1.84. The molecule has 1 aliphatic heterocycles. The minimum absolute atomic E-state index is 0.180. The lowest BCUT2D eigenvalue weighted by atomic mass is 10.1. The molecule has 1 aliphatic carbocycles. The van der Waals surface area contributed by atoms with Gasteiger partial charge in [0.15, 0.2) is 0 Å². The number of esters is 1. The summed E-state index contributed by atoms with van der Waals surface area (Å²) in [6, 6.07) is 9.08. The second kappa shape index (κ2) is 4.45. The van der Waals surface area contributed by atoms with Crippen molar-refractivity contribution in [3.05, 3.63) is 40.6 Å². The van der Waals surface area contributed by atoms with Crippen molar-refractivity contribution in [2.45, 2.75) is 6.92 Å². The molecule has 16 heavy (non-hydrogen) atoms. The topological polar surface area (TPSA) is 39.4 Å². The van der Waals surface area contributed by atoms with Crippen molar-refractivity contribution in [3.8, 4) is 11.3 Å². The normalized spacial score (nSPS) is 10.3. The molecule has 0 unspecified atom stereocenters. The average Bonchev–Trinajstić information content (AvgIpc) is 2.43. The fourth-order valence-corrected chi connectivity index (χ4v) is 1.77. The zero-order chi connectivity index (χ0) is 11.5. The quantitative estimate of drug-likeness (QED) is 0.590. The Bertz CT molecular complexity index is 544. The molecule has 0 N–H and O–H groups in total. The van der Waals surface area contributed by atoms with Crippen LogP contribution in [0, 0.1) is 4.71 Å². The van der Waals surface area contributed by atoms with Crippen LogP contribution >= 0.6 is 12.2 Å². The molecule has 0 fully saturated rings. The van der Waals surface area contributed by atoms with Crippen LogP contribution in [0.2, 0.25) is 0 Å². The predicted octanol–water partition coefficient (Wildman–Crippen LogP) is 3.29. The highest BCUT2D eigenvalue weighted by molar-refractivity contribution is 7.71. The Morgan fingerprint density at radius 1 is 1.38 bits per heavy atom. The van der Waals surface area contributed by atoms with Crippen LogP contribution in [-0.4, -0.2) is 12.6 Å². The Balaban J connectivity index is 2.61. The molecule has 0 atom stereocenters. The van der Waals surface area contributed by atoms with Gasteiger partial charge in [-0.2, -0.15) is 0 Å². The van der Waals surface area contributed by atoms with E-state index >= 15 is 0 Å². The van der Waals surface area contributed by atoms with Crippen molar-refractivity contribution in [2.24, 2.45) is 0 Å². The van der Waals surface area contributed by atoms with Crippen molar-refractivity contribution in [3.63, 3.8) is 0 Å². The number of carbonyl (C=O) groups is 1. The average molecular weight is 234 g/mol. The van der Waals surface area contributed by atoms with Crippen LogP contribution in [0.3, 0.4) is 0 Å². The predicted molar refractivity (Wildman–Crippen MR) is 62.1 cm³/mol. The largest absolute Gasteiger partial charge is 0.462 e. The number of hydrogen-bond donors (Lipinski definition) is 0. The number of hydrogen-bond acceptors (Lipinski definition) is 4. The summed E-state index contributed by atoms with van der Waals surface area (Å²) in [5.41, 5.74) is 1.02. The third-order valence-electron chi connectivity index (χ3n) is 2.15. The van der Waals surface area contributed by atoms with E-state index in [1.165, 1.54) is 0 Å². The van der Waals surface area contributed by atoms with Gasteiger partial charge in [0.05, 0.1) is 6.61 Å². The number of furan rings is 1. The number of carbonyl (C=O) groups excluding carboxylic acids is 1. The maximum absolute atomic E-state index is 11.7. The molecule has 2 rings (SSSR count). The molecule has 2 aliphatic rings. The maximum Gasteiger partial charge on any atom is 0.343 e. The molecule has 0 aromatic rings. The molecule has 3 nitrogen and oxygen atoms in total. The molecule has 0 aromatic carbocycles. The summed E-state index contributed by atoms with van der Waals surface area (Å²) in [5, 5.41) is 0. The van der Waals surface area contributed by atoms with Gasteiger partial charge >= 0.3 is 5.97 Å². The molecule has 0 saturated heterocycles. The number of rotatable bonds is 2. The summed E-state index contributed by atoms with van der Waals surface area (Å²) in [6.45, 7) is 2.07. The van der Waals surface area contributed by atoms with Gasteiger partial charge in [-0.05, 0) is 25.2 Å². The molecule has 0 radical (unpaired) electrons. The van der Waals surface area contributed by atoms with Gasteiger partial charge in [0.25, 0.3) is 0 Å². The zero-order valence-corrected chi connectivity index (χ0v) is 9.54. The van der Waals surface area contributed by atoms with Crippen molar-refractivity contribution in [1.29, 1.82) is 0 Å². The van der Waals surface area contributed by atoms with Crippen molar-refractivity contribution in [1.82, 2.24) is 0 Å². The van der Waals surface area contributed by atoms with E-state index in [-0.39, 0.29) is 4.71 Å². The van der Waals surface area contributed by atoms with Gasteiger partial charge in [-0.1, -0.05) is 24.3 Å². The van der Waals surface area contributed by atoms with Crippen LogP contribution in [0.25, 0.3) is 11.3 Å². The monoisotopic (exact) mass is 234 g/mol. The minimum atomic E-state index is -0.433. The van der Waals surface area contributed by atoms with E-state index in [4.69, 9.17) is 21.4 Å². The van der Waals surface area contributed by atoms with Crippen LogP contribution in [0.1, 0.15) is 17.3 Å². The summed E-state index contributed by atoms with van der Waals surface area (Å²) in [4.78, 5) is 11.7. The lowest BCUT2D eigenvalue weighted by Crippen LogP contribution is -2.04. The molecule has 1 heterocycles. The van der Waals surface area contributed by atoms with Crippen molar-refractivity contribution in [2.75, 3.05) is 6.61 Å². The van der Waals surface area contributed by atoms with Crippen molar-refractivity contribution < 1.29 is 13.9 Å². The first-order valence-corrected chi connectivity index (χ1v) is 5.34. The molecule has 82 valence electrons. The first-order chi connectivity index (χ1) is 7.74. The van der Waals surface area contributed by atoms with Crippen LogP contribution in [0.15, 0.2) is 34.7 Å². The Hall–Kier alpha value is -1.68. The number of fused-ring (bicyclic) bond motifs is 1. The maximum atomic E-state index is 11.7. The van der Waals surface area contributed by atoms with E-state index in [1.807, 2.05) is 18.2 Å². The highest BCUT2D eigenvalue weighted by atomic mass is 32.1. The van der Waals surface area contributed by atoms with Gasteiger partial charge in [-0.25, -0.2) is 4.79 Å². The van der Waals surface area contributed by atoms with Gasteiger partial charge in [-0.3, -0.25) is 0 Å². The van der Waals surface area contributed by atoms with E-state index in [0.717, 1.165) is 0 Å². The summed E-state index contributed by atoms with van der Waals surface area (Å²) in [6.07, 6.45) is 0. The van der Waals surface area contributed by atoms with Gasteiger partial charge < -0.3 is 9.15 Å². The number of ether oxygens (including phenoxy) is 1. The van der Waals surface area contributed by atoms with Crippen LogP contribution in [0.4, 0.5) is 0 Å². The molecular formula is C12H10O3S. The summed E-state index contributed by atoms with van der Waals surface area (Å²) in [5.74, 6) is 0.163. The molecule has 4 heteroatoms. The fraction of sp³-hybridized carbons (Fsp3) is 0.167. The van der Waals surface area contributed by atoms with Gasteiger partial charge in [0, 0.05) is 5.56 Å². The Morgan fingerprint density at radius 2 is 2.12 bits per heavy atom. The summed E-state index contributed by atoms with van der Waals surface area (Å²) in [7, 11) is 0. The van der Waals surface area contributed by atoms with E-state index in [9.17, 15) is 4.79 Å². The van der Waals surface area contributed by atoms with E-state index in [1.54, 1.807) is 19.1 Å². The highest BCUT2D eigenvalue weighted by Crippen LogP contribution is 2.28.